The third-order valence-corrected chi connectivity index (χ3v) is 3.99. The Morgan fingerprint density at radius 1 is 1.65 bits per heavy atom. The van der Waals surface area contributed by atoms with Gasteiger partial charge in [-0.25, -0.2) is 4.98 Å². The lowest BCUT2D eigenvalue weighted by atomic mass is 9.83. The summed E-state index contributed by atoms with van der Waals surface area (Å²) in [6.07, 6.45) is 3.56. The van der Waals surface area contributed by atoms with Crippen LogP contribution in [0.5, 0.6) is 6.01 Å². The number of aliphatic carboxylic acids is 1. The highest BCUT2D eigenvalue weighted by molar-refractivity contribution is 6.32. The minimum absolute atomic E-state index is 0.229. The molecule has 0 bridgehead atoms. The van der Waals surface area contributed by atoms with Gasteiger partial charge < -0.3 is 14.7 Å². The number of hydrogen-bond donors (Lipinski definition) is 1. The van der Waals surface area contributed by atoms with Crippen molar-refractivity contribution in [1.82, 2.24) is 9.97 Å². The molecule has 1 unspecified atom stereocenters. The molecule has 0 aromatic carbocycles. The van der Waals surface area contributed by atoms with Gasteiger partial charge in [-0.1, -0.05) is 24.9 Å². The highest BCUT2D eigenvalue weighted by Gasteiger charge is 2.44. The number of nitrogens with zero attached hydrogens (tertiary/aromatic N) is 3. The maximum Gasteiger partial charge on any atom is 0.318 e. The summed E-state index contributed by atoms with van der Waals surface area (Å²) in [6, 6.07) is 0.229. The van der Waals surface area contributed by atoms with Gasteiger partial charge in [0.1, 0.15) is 5.02 Å². The fraction of sp³-hybridized carbons (Fsp3) is 0.615. The summed E-state index contributed by atoms with van der Waals surface area (Å²) in [5.74, 6) is -0.211. The lowest BCUT2D eigenvalue weighted by Gasteiger charge is -2.25. The van der Waals surface area contributed by atoms with Gasteiger partial charge in [0.2, 0.25) is 0 Å². The molecule has 0 aliphatic carbocycles. The SMILES string of the molecule is CCCC1(C(=O)O)CCN(c2nc(OC)ncc2Cl)C1. The zero-order chi connectivity index (χ0) is 14.8. The number of anilines is 1. The predicted octanol–water partition coefficient (Wildman–Crippen LogP) is 2.22. The smallest absolute Gasteiger partial charge is 0.318 e. The van der Waals surface area contributed by atoms with E-state index in [4.69, 9.17) is 16.3 Å². The van der Waals surface area contributed by atoms with Gasteiger partial charge in [0, 0.05) is 13.1 Å². The first kappa shape index (κ1) is 14.8. The lowest BCUT2D eigenvalue weighted by Crippen LogP contribution is -2.35. The van der Waals surface area contributed by atoms with Crippen LogP contribution < -0.4 is 9.64 Å². The van der Waals surface area contributed by atoms with Crippen LogP contribution in [0.2, 0.25) is 5.02 Å². The van der Waals surface area contributed by atoms with Gasteiger partial charge >= 0.3 is 12.0 Å². The Kier molecular flexibility index (Phi) is 4.32. The summed E-state index contributed by atoms with van der Waals surface area (Å²) >= 11 is 6.11. The summed E-state index contributed by atoms with van der Waals surface area (Å²) in [4.78, 5) is 21.6. The number of carbonyl (C=O) groups is 1. The van der Waals surface area contributed by atoms with E-state index in [-0.39, 0.29) is 6.01 Å². The van der Waals surface area contributed by atoms with E-state index in [9.17, 15) is 9.90 Å². The summed E-state index contributed by atoms with van der Waals surface area (Å²) in [5.41, 5.74) is -0.712. The highest BCUT2D eigenvalue weighted by atomic mass is 35.5. The van der Waals surface area contributed by atoms with E-state index in [1.54, 1.807) is 0 Å². The number of hydrogen-bond acceptors (Lipinski definition) is 5. The molecule has 2 heterocycles. The third-order valence-electron chi connectivity index (χ3n) is 3.72. The van der Waals surface area contributed by atoms with Crippen LogP contribution in [0.15, 0.2) is 6.20 Å². The minimum Gasteiger partial charge on any atom is -0.481 e. The summed E-state index contributed by atoms with van der Waals surface area (Å²) in [6.45, 7) is 3.02. The molecule has 0 saturated carbocycles. The largest absolute Gasteiger partial charge is 0.481 e. The minimum atomic E-state index is -0.751. The van der Waals surface area contributed by atoms with Gasteiger partial charge in [-0.05, 0) is 12.8 Å². The monoisotopic (exact) mass is 299 g/mol. The number of carboxylic acids is 1. The quantitative estimate of drug-likeness (QED) is 0.898. The van der Waals surface area contributed by atoms with Crippen molar-refractivity contribution < 1.29 is 14.6 Å². The molecular formula is C13H18ClN3O3. The summed E-state index contributed by atoms with van der Waals surface area (Å²) in [5, 5.41) is 9.92. The molecule has 1 atom stereocenters. The van der Waals surface area contributed by atoms with Crippen LogP contribution in [0, 0.1) is 5.41 Å². The first-order valence-electron chi connectivity index (χ1n) is 6.57. The Balaban J connectivity index is 2.26. The second kappa shape index (κ2) is 5.83. The molecule has 0 radical (unpaired) electrons. The topological polar surface area (TPSA) is 75.5 Å². The van der Waals surface area contributed by atoms with E-state index >= 15 is 0 Å². The van der Waals surface area contributed by atoms with Crippen LogP contribution in [0.25, 0.3) is 0 Å². The second-order valence-electron chi connectivity index (χ2n) is 5.04. The van der Waals surface area contributed by atoms with Gasteiger partial charge in [0.25, 0.3) is 0 Å². The Labute approximate surface area is 122 Å². The van der Waals surface area contributed by atoms with Crippen LogP contribution in [0.1, 0.15) is 26.2 Å². The summed E-state index contributed by atoms with van der Waals surface area (Å²) in [7, 11) is 1.48. The van der Waals surface area contributed by atoms with Gasteiger partial charge in [0.15, 0.2) is 5.82 Å². The normalized spacial score (nSPS) is 22.1. The maximum absolute atomic E-state index is 11.6. The predicted molar refractivity (Wildman–Crippen MR) is 75.4 cm³/mol. The van der Waals surface area contributed by atoms with Crippen molar-refractivity contribution >= 4 is 23.4 Å². The van der Waals surface area contributed by atoms with Crippen molar-refractivity contribution in [2.45, 2.75) is 26.2 Å². The molecule has 1 fully saturated rings. The zero-order valence-electron chi connectivity index (χ0n) is 11.6. The van der Waals surface area contributed by atoms with Gasteiger partial charge in [0.05, 0.1) is 18.7 Å². The molecule has 0 amide bonds. The molecule has 1 saturated heterocycles. The Morgan fingerprint density at radius 3 is 3.00 bits per heavy atom. The molecule has 2 rings (SSSR count). The fourth-order valence-corrected chi connectivity index (χ4v) is 2.89. The maximum atomic E-state index is 11.6. The molecule has 1 aliphatic rings. The molecule has 1 aliphatic heterocycles. The van der Waals surface area contributed by atoms with E-state index in [0.29, 0.717) is 36.8 Å². The van der Waals surface area contributed by atoms with Crippen molar-refractivity contribution in [3.63, 3.8) is 0 Å². The van der Waals surface area contributed by atoms with Crippen molar-refractivity contribution in [3.8, 4) is 6.01 Å². The van der Waals surface area contributed by atoms with Crippen molar-refractivity contribution in [1.29, 1.82) is 0 Å². The van der Waals surface area contributed by atoms with Gasteiger partial charge in [-0.2, -0.15) is 4.98 Å². The van der Waals surface area contributed by atoms with Gasteiger partial charge in [-0.3, -0.25) is 4.79 Å². The van der Waals surface area contributed by atoms with Crippen LogP contribution in [0.3, 0.4) is 0 Å². The van der Waals surface area contributed by atoms with E-state index < -0.39 is 11.4 Å². The number of halogens is 1. The van der Waals surface area contributed by atoms with E-state index in [2.05, 4.69) is 9.97 Å². The fourth-order valence-electron chi connectivity index (χ4n) is 2.68. The molecule has 0 spiro atoms. The Bertz CT molecular complexity index is 512. The average molecular weight is 300 g/mol. The first-order chi connectivity index (χ1) is 9.52. The number of ether oxygens (including phenoxy) is 1. The number of aromatic nitrogens is 2. The van der Waals surface area contributed by atoms with Crippen LogP contribution in [0.4, 0.5) is 5.82 Å². The second-order valence-corrected chi connectivity index (χ2v) is 5.44. The molecular weight excluding hydrogens is 282 g/mol. The van der Waals surface area contributed by atoms with E-state index in [1.165, 1.54) is 13.3 Å². The molecule has 6 nitrogen and oxygen atoms in total. The molecule has 110 valence electrons. The summed E-state index contributed by atoms with van der Waals surface area (Å²) < 4.78 is 4.99. The molecule has 1 aromatic rings. The van der Waals surface area contributed by atoms with Crippen molar-refractivity contribution in [2.24, 2.45) is 5.41 Å². The number of rotatable bonds is 5. The molecule has 20 heavy (non-hydrogen) atoms. The highest BCUT2D eigenvalue weighted by Crippen LogP contribution is 2.39. The van der Waals surface area contributed by atoms with E-state index in [1.807, 2.05) is 11.8 Å². The first-order valence-corrected chi connectivity index (χ1v) is 6.95. The standard InChI is InChI=1S/C13H18ClN3O3/c1-3-4-13(11(18)19)5-6-17(8-13)10-9(14)7-15-12(16-10)20-2/h7H,3-6,8H2,1-2H3,(H,18,19). The van der Waals surface area contributed by atoms with Crippen molar-refractivity contribution in [2.75, 3.05) is 25.1 Å². The molecule has 1 aromatic heterocycles. The Morgan fingerprint density at radius 2 is 2.40 bits per heavy atom. The third kappa shape index (κ3) is 2.65. The van der Waals surface area contributed by atoms with Crippen LogP contribution in [-0.4, -0.2) is 41.2 Å². The molecule has 1 N–H and O–H groups in total. The average Bonchev–Trinajstić information content (AvgIpc) is 2.85. The van der Waals surface area contributed by atoms with Crippen molar-refractivity contribution in [3.05, 3.63) is 11.2 Å². The molecule has 7 heteroatoms. The zero-order valence-corrected chi connectivity index (χ0v) is 12.4. The van der Waals surface area contributed by atoms with E-state index in [0.717, 1.165) is 6.42 Å². The van der Waals surface area contributed by atoms with Gasteiger partial charge in [-0.15, -0.1) is 0 Å². The Hall–Kier alpha value is -1.56. The number of methoxy groups -OCH3 is 1. The number of carboxylic acid groups (broad SMARTS) is 1. The van der Waals surface area contributed by atoms with Crippen LogP contribution >= 0.6 is 11.6 Å². The lowest BCUT2D eigenvalue weighted by molar-refractivity contribution is -0.148. The van der Waals surface area contributed by atoms with Crippen LogP contribution in [-0.2, 0) is 4.79 Å².